The second kappa shape index (κ2) is 7.09. The summed E-state index contributed by atoms with van der Waals surface area (Å²) in [6, 6.07) is 15.0. The van der Waals surface area contributed by atoms with Gasteiger partial charge >= 0.3 is 6.03 Å². The maximum atomic E-state index is 13.0. The molecule has 1 aromatic heterocycles. The lowest BCUT2D eigenvalue weighted by molar-refractivity contribution is -0.131. The SMILES string of the molecule is CCOc1ccc(C(=O)CN2C(=O)NC(C)(c3cc4ccccc4o3)C2=O)cc1. The zero-order valence-electron chi connectivity index (χ0n) is 16.1. The van der Waals surface area contributed by atoms with Gasteiger partial charge in [-0.05, 0) is 50.2 Å². The zero-order valence-corrected chi connectivity index (χ0v) is 16.1. The van der Waals surface area contributed by atoms with Crippen LogP contribution in [0, 0.1) is 0 Å². The number of nitrogens with zero attached hydrogens (tertiary/aromatic N) is 1. The van der Waals surface area contributed by atoms with E-state index in [-0.39, 0.29) is 12.3 Å². The minimum atomic E-state index is -1.37. The fraction of sp³-hybridized carbons (Fsp3) is 0.227. The molecule has 0 radical (unpaired) electrons. The van der Waals surface area contributed by atoms with Crippen LogP contribution in [0.15, 0.2) is 59.0 Å². The van der Waals surface area contributed by atoms with E-state index in [2.05, 4.69) is 5.32 Å². The van der Waals surface area contributed by atoms with Crippen molar-refractivity contribution in [3.63, 3.8) is 0 Å². The summed E-state index contributed by atoms with van der Waals surface area (Å²) in [6.45, 7) is 3.62. The van der Waals surface area contributed by atoms with E-state index >= 15 is 0 Å². The normalized spacial score (nSPS) is 18.9. The summed E-state index contributed by atoms with van der Waals surface area (Å²) < 4.78 is 11.1. The number of hydrogen-bond donors (Lipinski definition) is 1. The molecule has 1 aliphatic rings. The molecule has 3 aromatic rings. The summed E-state index contributed by atoms with van der Waals surface area (Å²) >= 11 is 0. The molecule has 2 aromatic carbocycles. The number of furan rings is 1. The number of amides is 3. The third-order valence-electron chi connectivity index (χ3n) is 4.98. The van der Waals surface area contributed by atoms with E-state index in [0.29, 0.717) is 29.3 Å². The van der Waals surface area contributed by atoms with Gasteiger partial charge in [0.1, 0.15) is 17.1 Å². The molecule has 148 valence electrons. The first kappa shape index (κ1) is 18.7. The first-order valence-electron chi connectivity index (χ1n) is 9.31. The molecule has 2 heterocycles. The molecule has 1 aliphatic heterocycles. The van der Waals surface area contributed by atoms with Gasteiger partial charge in [0.2, 0.25) is 0 Å². The molecule has 1 N–H and O–H groups in total. The smallest absolute Gasteiger partial charge is 0.325 e. The van der Waals surface area contributed by atoms with Crippen LogP contribution in [0.5, 0.6) is 5.75 Å². The molecular weight excluding hydrogens is 372 g/mol. The molecule has 0 spiro atoms. The van der Waals surface area contributed by atoms with Crippen molar-refractivity contribution in [1.82, 2.24) is 10.2 Å². The number of fused-ring (bicyclic) bond motifs is 1. The maximum Gasteiger partial charge on any atom is 0.325 e. The highest BCUT2D eigenvalue weighted by Crippen LogP contribution is 2.33. The average molecular weight is 392 g/mol. The van der Waals surface area contributed by atoms with Crippen molar-refractivity contribution in [1.29, 1.82) is 0 Å². The van der Waals surface area contributed by atoms with Crippen LogP contribution in [-0.4, -0.2) is 35.8 Å². The Labute approximate surface area is 167 Å². The van der Waals surface area contributed by atoms with Crippen molar-refractivity contribution in [2.24, 2.45) is 0 Å². The number of ketones is 1. The molecule has 1 saturated heterocycles. The van der Waals surface area contributed by atoms with Crippen LogP contribution < -0.4 is 10.1 Å². The third-order valence-corrected chi connectivity index (χ3v) is 4.98. The number of nitrogens with one attached hydrogen (secondary N) is 1. The van der Waals surface area contributed by atoms with Crippen LogP contribution in [-0.2, 0) is 10.3 Å². The van der Waals surface area contributed by atoms with Gasteiger partial charge in [-0.1, -0.05) is 18.2 Å². The summed E-state index contributed by atoms with van der Waals surface area (Å²) in [5.74, 6) is 0.107. The number of ether oxygens (including phenoxy) is 1. The molecule has 0 saturated carbocycles. The molecule has 4 rings (SSSR count). The highest BCUT2D eigenvalue weighted by molar-refractivity contribution is 6.11. The van der Waals surface area contributed by atoms with Gasteiger partial charge in [0, 0.05) is 10.9 Å². The average Bonchev–Trinajstić information content (AvgIpc) is 3.25. The molecule has 1 unspecified atom stereocenters. The molecule has 1 fully saturated rings. The Morgan fingerprint density at radius 3 is 2.55 bits per heavy atom. The summed E-state index contributed by atoms with van der Waals surface area (Å²) in [5, 5.41) is 3.49. The van der Waals surface area contributed by atoms with Crippen molar-refractivity contribution < 1.29 is 23.5 Å². The largest absolute Gasteiger partial charge is 0.494 e. The molecular formula is C22H20N2O5. The van der Waals surface area contributed by atoms with E-state index in [9.17, 15) is 14.4 Å². The van der Waals surface area contributed by atoms with Crippen molar-refractivity contribution in [2.45, 2.75) is 19.4 Å². The standard InChI is InChI=1S/C22H20N2O5/c1-3-28-16-10-8-14(9-11-16)17(25)13-24-20(26)22(2,23-21(24)27)19-12-15-6-4-5-7-18(15)29-19/h4-12H,3,13H2,1-2H3,(H,23,27). The first-order chi connectivity index (χ1) is 13.9. The number of Topliss-reactive ketones (excluding diaryl/α,β-unsaturated/α-hetero) is 1. The molecule has 1 atom stereocenters. The maximum absolute atomic E-state index is 13.0. The Kier molecular flexibility index (Phi) is 4.58. The van der Waals surface area contributed by atoms with Gasteiger partial charge in [-0.2, -0.15) is 0 Å². The van der Waals surface area contributed by atoms with Gasteiger partial charge in [0.15, 0.2) is 11.3 Å². The molecule has 3 amide bonds. The molecule has 7 nitrogen and oxygen atoms in total. The monoisotopic (exact) mass is 392 g/mol. The summed E-state index contributed by atoms with van der Waals surface area (Å²) in [6.07, 6.45) is 0. The fourth-order valence-corrected chi connectivity index (χ4v) is 3.37. The van der Waals surface area contributed by atoms with E-state index in [1.165, 1.54) is 0 Å². The Hall–Kier alpha value is -3.61. The van der Waals surface area contributed by atoms with Crippen LogP contribution in [0.1, 0.15) is 30.0 Å². The Morgan fingerprint density at radius 1 is 1.14 bits per heavy atom. The van der Waals surface area contributed by atoms with E-state index < -0.39 is 17.5 Å². The van der Waals surface area contributed by atoms with E-state index in [1.54, 1.807) is 43.3 Å². The predicted molar refractivity (Wildman–Crippen MR) is 106 cm³/mol. The molecule has 0 aliphatic carbocycles. The minimum Gasteiger partial charge on any atom is -0.494 e. The second-order valence-corrected chi connectivity index (χ2v) is 6.98. The fourth-order valence-electron chi connectivity index (χ4n) is 3.37. The van der Waals surface area contributed by atoms with Gasteiger partial charge in [-0.25, -0.2) is 4.79 Å². The van der Waals surface area contributed by atoms with Crippen LogP contribution >= 0.6 is 0 Å². The number of benzene rings is 2. The molecule has 29 heavy (non-hydrogen) atoms. The Bertz CT molecular complexity index is 1070. The van der Waals surface area contributed by atoms with Crippen molar-refractivity contribution in [3.05, 3.63) is 65.9 Å². The number of carbonyl (C=O) groups is 3. The van der Waals surface area contributed by atoms with Gasteiger partial charge in [0.25, 0.3) is 5.91 Å². The number of imide groups is 1. The third kappa shape index (κ3) is 3.24. The van der Waals surface area contributed by atoms with Crippen LogP contribution in [0.25, 0.3) is 11.0 Å². The topological polar surface area (TPSA) is 88.8 Å². The van der Waals surface area contributed by atoms with E-state index in [0.717, 1.165) is 10.3 Å². The van der Waals surface area contributed by atoms with Crippen molar-refractivity contribution in [3.8, 4) is 5.75 Å². The quantitative estimate of drug-likeness (QED) is 0.512. The van der Waals surface area contributed by atoms with Crippen LogP contribution in [0.3, 0.4) is 0 Å². The summed E-state index contributed by atoms with van der Waals surface area (Å²) in [5.41, 5.74) is -0.351. The lowest BCUT2D eigenvalue weighted by atomic mass is 9.98. The number of urea groups is 1. The van der Waals surface area contributed by atoms with E-state index in [4.69, 9.17) is 9.15 Å². The molecule has 0 bridgehead atoms. The molecule has 7 heteroatoms. The minimum absolute atomic E-state index is 0.327. The number of carbonyl (C=O) groups excluding carboxylic acids is 3. The number of rotatable bonds is 6. The van der Waals surface area contributed by atoms with Gasteiger partial charge in [0.05, 0.1) is 13.2 Å². The summed E-state index contributed by atoms with van der Waals surface area (Å²) in [7, 11) is 0. The van der Waals surface area contributed by atoms with Crippen molar-refractivity contribution >= 4 is 28.7 Å². The number of hydrogen-bond acceptors (Lipinski definition) is 5. The predicted octanol–water partition coefficient (Wildman–Crippen LogP) is 3.48. The Morgan fingerprint density at radius 2 is 1.86 bits per heavy atom. The zero-order chi connectivity index (χ0) is 20.6. The Balaban J connectivity index is 1.55. The van der Waals surface area contributed by atoms with E-state index in [1.807, 2.05) is 25.1 Å². The number of para-hydroxylation sites is 1. The lowest BCUT2D eigenvalue weighted by Crippen LogP contribution is -2.41. The van der Waals surface area contributed by atoms with Crippen molar-refractivity contribution in [2.75, 3.05) is 13.2 Å². The highest BCUT2D eigenvalue weighted by atomic mass is 16.5. The summed E-state index contributed by atoms with van der Waals surface area (Å²) in [4.78, 5) is 39.0. The lowest BCUT2D eigenvalue weighted by Gasteiger charge is -2.18. The van der Waals surface area contributed by atoms with Gasteiger partial charge < -0.3 is 14.5 Å². The van der Waals surface area contributed by atoms with Crippen LogP contribution in [0.2, 0.25) is 0 Å². The second-order valence-electron chi connectivity index (χ2n) is 6.98. The van der Waals surface area contributed by atoms with Gasteiger partial charge in [-0.3, -0.25) is 14.5 Å². The van der Waals surface area contributed by atoms with Gasteiger partial charge in [-0.15, -0.1) is 0 Å². The van der Waals surface area contributed by atoms with Crippen LogP contribution in [0.4, 0.5) is 4.79 Å². The first-order valence-corrected chi connectivity index (χ1v) is 9.31. The highest BCUT2D eigenvalue weighted by Gasteiger charge is 2.51.